The number of anilines is 1. The summed E-state index contributed by atoms with van der Waals surface area (Å²) in [5.74, 6) is 0.773. The van der Waals surface area contributed by atoms with Crippen molar-refractivity contribution >= 4 is 33.1 Å². The van der Waals surface area contributed by atoms with Gasteiger partial charge in [0.2, 0.25) is 0 Å². The lowest BCUT2D eigenvalue weighted by Gasteiger charge is -2.40. The maximum Gasteiger partial charge on any atom is 0.317 e. The van der Waals surface area contributed by atoms with Crippen LogP contribution in [0.4, 0.5) is 10.5 Å². The molecule has 1 aromatic heterocycles. The number of hydrogen-bond acceptors (Lipinski definition) is 4. The van der Waals surface area contributed by atoms with Gasteiger partial charge in [0.1, 0.15) is 0 Å². The average molecular weight is 387 g/mol. The van der Waals surface area contributed by atoms with Crippen molar-refractivity contribution in [3.63, 3.8) is 0 Å². The highest BCUT2D eigenvalue weighted by molar-refractivity contribution is 7.17. The number of carbonyl (C=O) groups is 1. The first-order valence-electron chi connectivity index (χ1n) is 10.0. The molecule has 0 bridgehead atoms. The van der Waals surface area contributed by atoms with Gasteiger partial charge in [-0.25, -0.2) is 4.79 Å². The SMILES string of the molecule is CN(C)C(=O)NC1CC(CCN2CCN(c3cccc4sccc34)CC2)C1. The van der Waals surface area contributed by atoms with Crippen LogP contribution >= 0.6 is 11.3 Å². The maximum atomic E-state index is 11.7. The molecule has 2 aliphatic rings. The third kappa shape index (κ3) is 4.22. The topological polar surface area (TPSA) is 38.8 Å². The van der Waals surface area contributed by atoms with E-state index < -0.39 is 0 Å². The van der Waals surface area contributed by atoms with Crippen LogP contribution in [0.15, 0.2) is 29.6 Å². The van der Waals surface area contributed by atoms with E-state index in [1.165, 1.54) is 28.7 Å². The van der Waals surface area contributed by atoms with Crippen molar-refractivity contribution in [2.24, 2.45) is 5.92 Å². The number of hydrogen-bond donors (Lipinski definition) is 1. The van der Waals surface area contributed by atoms with Crippen molar-refractivity contribution in [3.8, 4) is 0 Å². The minimum Gasteiger partial charge on any atom is -0.368 e. The molecule has 1 saturated heterocycles. The van der Waals surface area contributed by atoms with Gasteiger partial charge in [-0.1, -0.05) is 6.07 Å². The maximum absolute atomic E-state index is 11.7. The van der Waals surface area contributed by atoms with Gasteiger partial charge in [0.25, 0.3) is 0 Å². The van der Waals surface area contributed by atoms with E-state index in [0.29, 0.717) is 6.04 Å². The molecule has 4 rings (SSSR count). The van der Waals surface area contributed by atoms with Crippen LogP contribution in [0.25, 0.3) is 10.1 Å². The van der Waals surface area contributed by atoms with Gasteiger partial charge in [-0.3, -0.25) is 4.90 Å². The fraction of sp³-hybridized carbons (Fsp3) is 0.571. The van der Waals surface area contributed by atoms with Gasteiger partial charge in [-0.05, 0) is 55.3 Å². The Hall–Kier alpha value is -1.79. The summed E-state index contributed by atoms with van der Waals surface area (Å²) in [6.45, 7) is 5.71. The highest BCUT2D eigenvalue weighted by atomic mass is 32.1. The van der Waals surface area contributed by atoms with Crippen LogP contribution in [0.5, 0.6) is 0 Å². The fourth-order valence-electron chi connectivity index (χ4n) is 4.22. The van der Waals surface area contributed by atoms with Crippen LogP contribution in [0.2, 0.25) is 0 Å². The molecular weight excluding hydrogens is 356 g/mol. The van der Waals surface area contributed by atoms with E-state index in [1.807, 2.05) is 11.3 Å². The second-order valence-corrected chi connectivity index (χ2v) is 9.05. The van der Waals surface area contributed by atoms with E-state index in [0.717, 1.165) is 44.9 Å². The summed E-state index contributed by atoms with van der Waals surface area (Å²) in [4.78, 5) is 18.4. The van der Waals surface area contributed by atoms with Crippen molar-refractivity contribution < 1.29 is 4.79 Å². The zero-order valence-corrected chi connectivity index (χ0v) is 17.2. The minimum atomic E-state index is 0.0372. The zero-order valence-electron chi connectivity index (χ0n) is 16.4. The first-order chi connectivity index (χ1) is 13.1. The molecule has 6 heteroatoms. The molecule has 1 saturated carbocycles. The van der Waals surface area contributed by atoms with Crippen molar-refractivity contribution in [2.45, 2.75) is 25.3 Å². The monoisotopic (exact) mass is 386 g/mol. The Labute approximate surface area is 165 Å². The van der Waals surface area contributed by atoms with E-state index in [4.69, 9.17) is 0 Å². The molecule has 0 spiro atoms. The predicted octanol–water partition coefficient (Wildman–Crippen LogP) is 3.46. The molecule has 1 aliphatic carbocycles. The molecule has 0 radical (unpaired) electrons. The molecule has 1 aromatic carbocycles. The predicted molar refractivity (Wildman–Crippen MR) is 114 cm³/mol. The van der Waals surface area contributed by atoms with E-state index >= 15 is 0 Å². The van der Waals surface area contributed by atoms with E-state index in [-0.39, 0.29) is 6.03 Å². The second-order valence-electron chi connectivity index (χ2n) is 8.11. The lowest BCUT2D eigenvalue weighted by Crippen LogP contribution is -2.49. The van der Waals surface area contributed by atoms with Crippen LogP contribution in [-0.4, -0.2) is 68.7 Å². The largest absolute Gasteiger partial charge is 0.368 e. The number of carbonyl (C=O) groups excluding carboxylic acids is 1. The average Bonchev–Trinajstić information content (AvgIpc) is 3.12. The number of piperazine rings is 1. The quantitative estimate of drug-likeness (QED) is 0.855. The van der Waals surface area contributed by atoms with Gasteiger partial charge in [0, 0.05) is 62.1 Å². The molecule has 27 heavy (non-hydrogen) atoms. The van der Waals surface area contributed by atoms with Crippen LogP contribution < -0.4 is 10.2 Å². The number of nitrogens with zero attached hydrogens (tertiary/aromatic N) is 3. The smallest absolute Gasteiger partial charge is 0.317 e. The van der Waals surface area contributed by atoms with Gasteiger partial charge < -0.3 is 15.1 Å². The molecule has 5 nitrogen and oxygen atoms in total. The molecule has 0 atom stereocenters. The fourth-order valence-corrected chi connectivity index (χ4v) is 5.03. The highest BCUT2D eigenvalue weighted by Crippen LogP contribution is 2.32. The number of fused-ring (bicyclic) bond motifs is 1. The van der Waals surface area contributed by atoms with E-state index in [1.54, 1.807) is 19.0 Å². The normalized spacial score (nSPS) is 23.3. The molecular formula is C21H30N4OS. The summed E-state index contributed by atoms with van der Waals surface area (Å²) >= 11 is 1.83. The van der Waals surface area contributed by atoms with E-state index in [9.17, 15) is 4.79 Å². The van der Waals surface area contributed by atoms with Gasteiger partial charge in [0.05, 0.1) is 0 Å². The van der Waals surface area contributed by atoms with Crippen molar-refractivity contribution in [3.05, 3.63) is 29.6 Å². The van der Waals surface area contributed by atoms with E-state index in [2.05, 4.69) is 44.8 Å². The zero-order chi connectivity index (χ0) is 18.8. The van der Waals surface area contributed by atoms with Gasteiger partial charge in [-0.15, -0.1) is 11.3 Å². The highest BCUT2D eigenvalue weighted by Gasteiger charge is 2.31. The number of urea groups is 1. The Morgan fingerprint density at radius 1 is 1.19 bits per heavy atom. The molecule has 1 N–H and O–H groups in total. The Bertz CT molecular complexity index is 775. The lowest BCUT2D eigenvalue weighted by atomic mass is 9.78. The summed E-state index contributed by atoms with van der Waals surface area (Å²) in [6.07, 6.45) is 3.54. The van der Waals surface area contributed by atoms with Crippen LogP contribution in [0, 0.1) is 5.92 Å². The Morgan fingerprint density at radius 3 is 2.70 bits per heavy atom. The summed E-state index contributed by atoms with van der Waals surface area (Å²) in [5, 5.41) is 6.68. The minimum absolute atomic E-state index is 0.0372. The lowest BCUT2D eigenvalue weighted by molar-refractivity contribution is 0.162. The Balaban J connectivity index is 1.19. The van der Waals surface area contributed by atoms with Gasteiger partial charge in [-0.2, -0.15) is 0 Å². The number of amides is 2. The van der Waals surface area contributed by atoms with Crippen molar-refractivity contribution in [2.75, 3.05) is 51.7 Å². The molecule has 146 valence electrons. The molecule has 0 unspecified atom stereocenters. The molecule has 2 amide bonds. The Kier molecular flexibility index (Phi) is 5.55. The number of benzene rings is 1. The molecule has 2 fully saturated rings. The van der Waals surface area contributed by atoms with Crippen LogP contribution in [0.3, 0.4) is 0 Å². The third-order valence-electron chi connectivity index (χ3n) is 6.01. The molecule has 1 aliphatic heterocycles. The van der Waals surface area contributed by atoms with Crippen molar-refractivity contribution in [1.29, 1.82) is 0 Å². The summed E-state index contributed by atoms with van der Waals surface area (Å²) in [6, 6.07) is 9.34. The summed E-state index contributed by atoms with van der Waals surface area (Å²) in [7, 11) is 3.59. The number of nitrogens with one attached hydrogen (secondary N) is 1. The number of rotatable bonds is 5. The second kappa shape index (κ2) is 8.07. The van der Waals surface area contributed by atoms with Gasteiger partial charge in [0.15, 0.2) is 0 Å². The third-order valence-corrected chi connectivity index (χ3v) is 6.89. The first kappa shape index (κ1) is 18.6. The number of thiophene rings is 1. The standard InChI is InChI=1S/C21H30N4OS/c1-23(2)21(26)22-17-14-16(15-17)6-8-24-9-11-25(12-10-24)19-4-3-5-20-18(19)7-13-27-20/h3-5,7,13,16-17H,6,8-12,14-15H2,1-2H3,(H,22,26). The molecule has 2 heterocycles. The summed E-state index contributed by atoms with van der Waals surface area (Å²) < 4.78 is 1.39. The molecule has 2 aromatic rings. The van der Waals surface area contributed by atoms with Crippen LogP contribution in [0.1, 0.15) is 19.3 Å². The van der Waals surface area contributed by atoms with Crippen LogP contribution in [-0.2, 0) is 0 Å². The van der Waals surface area contributed by atoms with Gasteiger partial charge >= 0.3 is 6.03 Å². The summed E-state index contributed by atoms with van der Waals surface area (Å²) in [5.41, 5.74) is 1.40. The first-order valence-corrected chi connectivity index (χ1v) is 10.9. The van der Waals surface area contributed by atoms with Crippen molar-refractivity contribution in [1.82, 2.24) is 15.1 Å². The Morgan fingerprint density at radius 2 is 1.96 bits per heavy atom.